The highest BCUT2D eigenvalue weighted by atomic mass is 16.5. The highest BCUT2D eigenvalue weighted by Crippen LogP contribution is 2.28. The fourth-order valence-corrected chi connectivity index (χ4v) is 4.49. The van der Waals surface area contributed by atoms with E-state index in [-0.39, 0.29) is 0 Å². The van der Waals surface area contributed by atoms with Crippen LogP contribution < -0.4 is 14.2 Å². The molecule has 0 saturated heterocycles. The minimum Gasteiger partial charge on any atom is -0.497 e. The maximum atomic E-state index is 6.01. The SMILES string of the molecule is CCCCc1nc(-c2ccc(OCCCN(CC)CC)cc2)cn1-c1ccc(Oc2ccc(OC)cc2)cc1. The molecule has 0 bridgehead atoms. The zero-order valence-corrected chi connectivity index (χ0v) is 23.7. The lowest BCUT2D eigenvalue weighted by atomic mass is 10.1. The molecule has 0 amide bonds. The van der Waals surface area contributed by atoms with Gasteiger partial charge in [-0.05, 0) is 98.7 Å². The molecule has 6 heteroatoms. The fraction of sp³-hybridized carbons (Fsp3) is 0.364. The van der Waals surface area contributed by atoms with Crippen LogP contribution in [0, 0.1) is 0 Å². The summed E-state index contributed by atoms with van der Waals surface area (Å²) in [6.07, 6.45) is 6.30. The van der Waals surface area contributed by atoms with Gasteiger partial charge in [0.05, 0.1) is 19.4 Å². The van der Waals surface area contributed by atoms with Crippen LogP contribution in [0.15, 0.2) is 79.0 Å². The van der Waals surface area contributed by atoms with Crippen LogP contribution in [0.1, 0.15) is 45.9 Å². The van der Waals surface area contributed by atoms with Gasteiger partial charge in [0.15, 0.2) is 0 Å². The summed E-state index contributed by atoms with van der Waals surface area (Å²) >= 11 is 0. The van der Waals surface area contributed by atoms with E-state index in [1.165, 1.54) is 0 Å². The van der Waals surface area contributed by atoms with Crippen LogP contribution in [0.2, 0.25) is 0 Å². The summed E-state index contributed by atoms with van der Waals surface area (Å²) in [6, 6.07) is 24.0. The number of imidazole rings is 1. The highest BCUT2D eigenvalue weighted by molar-refractivity contribution is 5.61. The van der Waals surface area contributed by atoms with Gasteiger partial charge in [-0.15, -0.1) is 0 Å². The number of benzene rings is 3. The van der Waals surface area contributed by atoms with Crippen molar-refractivity contribution in [2.45, 2.75) is 46.5 Å². The molecule has 0 aliphatic rings. The van der Waals surface area contributed by atoms with E-state index in [1.54, 1.807) is 7.11 Å². The minimum atomic E-state index is 0.726. The minimum absolute atomic E-state index is 0.726. The summed E-state index contributed by atoms with van der Waals surface area (Å²) in [5.41, 5.74) is 3.12. The number of ether oxygens (including phenoxy) is 3. The molecule has 206 valence electrons. The third-order valence-electron chi connectivity index (χ3n) is 6.87. The van der Waals surface area contributed by atoms with Gasteiger partial charge >= 0.3 is 0 Å². The first-order chi connectivity index (χ1) is 19.1. The van der Waals surface area contributed by atoms with Gasteiger partial charge in [0, 0.05) is 30.4 Å². The average Bonchev–Trinajstić information content (AvgIpc) is 3.41. The van der Waals surface area contributed by atoms with Gasteiger partial charge in [-0.3, -0.25) is 0 Å². The van der Waals surface area contributed by atoms with E-state index in [1.807, 2.05) is 48.5 Å². The summed E-state index contributed by atoms with van der Waals surface area (Å²) < 4.78 is 19.4. The number of methoxy groups -OCH3 is 1. The lowest BCUT2D eigenvalue weighted by Crippen LogP contribution is -2.25. The molecule has 0 unspecified atom stereocenters. The molecule has 1 heterocycles. The first kappa shape index (κ1) is 28.2. The van der Waals surface area contributed by atoms with E-state index in [9.17, 15) is 0 Å². The Labute approximate surface area is 233 Å². The Morgan fingerprint density at radius 2 is 1.36 bits per heavy atom. The summed E-state index contributed by atoms with van der Waals surface area (Å²) in [7, 11) is 1.66. The number of aryl methyl sites for hydroxylation is 1. The Morgan fingerprint density at radius 1 is 0.744 bits per heavy atom. The van der Waals surface area contributed by atoms with Crippen molar-refractivity contribution in [3.63, 3.8) is 0 Å². The molecule has 3 aromatic carbocycles. The van der Waals surface area contributed by atoms with Gasteiger partial charge in [-0.25, -0.2) is 4.98 Å². The number of hydrogen-bond donors (Lipinski definition) is 0. The molecule has 4 aromatic rings. The maximum Gasteiger partial charge on any atom is 0.127 e. The largest absolute Gasteiger partial charge is 0.497 e. The molecule has 0 spiro atoms. The third-order valence-corrected chi connectivity index (χ3v) is 6.87. The normalized spacial score (nSPS) is 11.1. The Balaban J connectivity index is 1.44. The summed E-state index contributed by atoms with van der Waals surface area (Å²) in [6.45, 7) is 10.6. The maximum absolute atomic E-state index is 6.01. The van der Waals surface area contributed by atoms with Gasteiger partial charge in [-0.2, -0.15) is 0 Å². The van der Waals surface area contributed by atoms with Crippen molar-refractivity contribution in [2.75, 3.05) is 33.4 Å². The summed E-state index contributed by atoms with van der Waals surface area (Å²) in [5, 5.41) is 0. The van der Waals surface area contributed by atoms with E-state index in [0.29, 0.717) is 0 Å². The average molecular weight is 528 g/mol. The number of unbranched alkanes of at least 4 members (excludes halogenated alkanes) is 1. The lowest BCUT2D eigenvalue weighted by Gasteiger charge is -2.17. The molecule has 0 radical (unpaired) electrons. The topological polar surface area (TPSA) is 48.8 Å². The van der Waals surface area contributed by atoms with E-state index < -0.39 is 0 Å². The van der Waals surface area contributed by atoms with Crippen LogP contribution in [0.25, 0.3) is 16.9 Å². The number of hydrogen-bond acceptors (Lipinski definition) is 5. The molecule has 0 aliphatic carbocycles. The Kier molecular flexibility index (Phi) is 10.4. The van der Waals surface area contributed by atoms with E-state index >= 15 is 0 Å². The van der Waals surface area contributed by atoms with Gasteiger partial charge in [0.2, 0.25) is 0 Å². The molecular weight excluding hydrogens is 486 g/mol. The molecule has 4 rings (SSSR count). The van der Waals surface area contributed by atoms with Crippen molar-refractivity contribution < 1.29 is 14.2 Å². The summed E-state index contributed by atoms with van der Waals surface area (Å²) in [5.74, 6) is 4.32. The van der Waals surface area contributed by atoms with Gasteiger partial charge in [-0.1, -0.05) is 27.2 Å². The van der Waals surface area contributed by atoms with Crippen LogP contribution >= 0.6 is 0 Å². The molecule has 0 aliphatic heterocycles. The molecule has 0 atom stereocenters. The van der Waals surface area contributed by atoms with E-state index in [2.05, 4.69) is 60.7 Å². The van der Waals surface area contributed by atoms with Crippen molar-refractivity contribution >= 4 is 0 Å². The van der Waals surface area contributed by atoms with Crippen LogP contribution in [0.3, 0.4) is 0 Å². The Hall–Kier alpha value is -3.77. The predicted octanol–water partition coefficient (Wildman–Crippen LogP) is 7.79. The van der Waals surface area contributed by atoms with Crippen LogP contribution in [0.5, 0.6) is 23.0 Å². The van der Waals surface area contributed by atoms with Gasteiger partial charge in [0.25, 0.3) is 0 Å². The lowest BCUT2D eigenvalue weighted by molar-refractivity contribution is 0.249. The van der Waals surface area contributed by atoms with E-state index in [0.717, 1.165) is 97.7 Å². The van der Waals surface area contributed by atoms with E-state index in [4.69, 9.17) is 19.2 Å². The fourth-order valence-electron chi connectivity index (χ4n) is 4.49. The van der Waals surface area contributed by atoms with Crippen LogP contribution in [-0.4, -0.2) is 47.8 Å². The molecule has 0 N–H and O–H groups in total. The predicted molar refractivity (Wildman–Crippen MR) is 159 cm³/mol. The van der Waals surface area contributed by atoms with Crippen LogP contribution in [-0.2, 0) is 6.42 Å². The van der Waals surface area contributed by atoms with Crippen molar-refractivity contribution in [1.82, 2.24) is 14.5 Å². The second-order valence-electron chi connectivity index (χ2n) is 9.54. The van der Waals surface area contributed by atoms with Crippen molar-refractivity contribution in [3.05, 3.63) is 84.8 Å². The monoisotopic (exact) mass is 527 g/mol. The third kappa shape index (κ3) is 7.87. The van der Waals surface area contributed by atoms with Crippen molar-refractivity contribution in [2.24, 2.45) is 0 Å². The second-order valence-corrected chi connectivity index (χ2v) is 9.54. The Bertz CT molecular complexity index is 1260. The smallest absolute Gasteiger partial charge is 0.127 e. The first-order valence-corrected chi connectivity index (χ1v) is 14.1. The molecule has 0 saturated carbocycles. The quantitative estimate of drug-likeness (QED) is 0.148. The molecule has 1 aromatic heterocycles. The first-order valence-electron chi connectivity index (χ1n) is 14.1. The Morgan fingerprint density at radius 3 is 1.97 bits per heavy atom. The molecule has 0 fully saturated rings. The second kappa shape index (κ2) is 14.4. The summed E-state index contributed by atoms with van der Waals surface area (Å²) in [4.78, 5) is 7.43. The molecule has 6 nitrogen and oxygen atoms in total. The van der Waals surface area contributed by atoms with Crippen molar-refractivity contribution in [1.29, 1.82) is 0 Å². The molecule has 39 heavy (non-hydrogen) atoms. The highest BCUT2D eigenvalue weighted by Gasteiger charge is 2.12. The standard InChI is InChI=1S/C33H41N3O3/c1-5-8-10-33-34-32(26-11-15-29(16-12-26)38-24-9-23-35(6-2)7-3)25-36(33)27-13-17-30(18-14-27)39-31-21-19-28(37-4)20-22-31/h11-22,25H,5-10,23-24H2,1-4H3. The number of nitrogens with zero attached hydrogens (tertiary/aromatic N) is 3. The number of rotatable bonds is 15. The zero-order chi connectivity index (χ0) is 27.5. The van der Waals surface area contributed by atoms with Crippen molar-refractivity contribution in [3.8, 4) is 39.9 Å². The number of aromatic nitrogens is 2. The van der Waals surface area contributed by atoms with Gasteiger partial charge in [0.1, 0.15) is 28.8 Å². The zero-order valence-electron chi connectivity index (χ0n) is 23.7. The van der Waals surface area contributed by atoms with Crippen LogP contribution in [0.4, 0.5) is 0 Å². The molecular formula is C33H41N3O3. The van der Waals surface area contributed by atoms with Gasteiger partial charge < -0.3 is 23.7 Å².